The second-order valence-corrected chi connectivity index (χ2v) is 5.39. The number of amides is 2. The van der Waals surface area contributed by atoms with Gasteiger partial charge in [0.25, 0.3) is 0 Å². The van der Waals surface area contributed by atoms with Crippen LogP contribution in [0.2, 0.25) is 0 Å². The molecule has 0 saturated carbocycles. The Morgan fingerprint density at radius 2 is 2.22 bits per heavy atom. The summed E-state index contributed by atoms with van der Waals surface area (Å²) in [4.78, 5) is 15.2. The summed E-state index contributed by atoms with van der Waals surface area (Å²) in [5, 5.41) is 18.1. The van der Waals surface area contributed by atoms with E-state index in [1.165, 1.54) is 15.6 Å². The molecule has 0 fully saturated rings. The number of aromatic amines is 1. The van der Waals surface area contributed by atoms with Crippen molar-refractivity contribution < 1.29 is 4.79 Å². The van der Waals surface area contributed by atoms with Gasteiger partial charge in [-0.2, -0.15) is 0 Å². The van der Waals surface area contributed by atoms with Gasteiger partial charge < -0.3 is 15.6 Å². The minimum Gasteiger partial charge on any atom is -0.361 e. The summed E-state index contributed by atoms with van der Waals surface area (Å²) in [7, 11) is 1.74. The first-order valence-corrected chi connectivity index (χ1v) is 7.47. The van der Waals surface area contributed by atoms with Crippen LogP contribution in [-0.2, 0) is 13.5 Å². The largest absolute Gasteiger partial charge is 0.361 e. The molecular formula is C15H19N7O. The second kappa shape index (κ2) is 6.47. The molecular weight excluding hydrogens is 294 g/mol. The summed E-state index contributed by atoms with van der Waals surface area (Å²) in [6.45, 7) is 2.39. The van der Waals surface area contributed by atoms with Crippen molar-refractivity contribution in [3.8, 4) is 0 Å². The van der Waals surface area contributed by atoms with Gasteiger partial charge in [0.15, 0.2) is 5.82 Å². The van der Waals surface area contributed by atoms with Crippen LogP contribution in [0.5, 0.6) is 0 Å². The van der Waals surface area contributed by atoms with Gasteiger partial charge in [0.05, 0.1) is 6.04 Å². The zero-order chi connectivity index (χ0) is 16.2. The lowest BCUT2D eigenvalue weighted by Crippen LogP contribution is -2.38. The SMILES string of the molecule is CC(NC(=O)NCCc1c[nH]c2ccccc12)c1nnnn1C. The van der Waals surface area contributed by atoms with E-state index in [0.29, 0.717) is 12.4 Å². The lowest BCUT2D eigenvalue weighted by atomic mass is 10.1. The highest BCUT2D eigenvalue weighted by Gasteiger charge is 2.14. The van der Waals surface area contributed by atoms with Crippen molar-refractivity contribution >= 4 is 16.9 Å². The van der Waals surface area contributed by atoms with Gasteiger partial charge in [-0.1, -0.05) is 18.2 Å². The van der Waals surface area contributed by atoms with Gasteiger partial charge in [-0.3, -0.25) is 0 Å². The number of H-pyrrole nitrogens is 1. The van der Waals surface area contributed by atoms with E-state index in [4.69, 9.17) is 0 Å². The molecule has 2 aromatic heterocycles. The number of urea groups is 1. The van der Waals surface area contributed by atoms with Crippen LogP contribution in [0.15, 0.2) is 30.5 Å². The number of tetrazole rings is 1. The molecule has 8 nitrogen and oxygen atoms in total. The molecule has 3 aromatic rings. The molecule has 1 aromatic carbocycles. The van der Waals surface area contributed by atoms with Crippen molar-refractivity contribution in [2.24, 2.45) is 7.05 Å². The van der Waals surface area contributed by atoms with Crippen LogP contribution in [0, 0.1) is 0 Å². The third-order valence-electron chi connectivity index (χ3n) is 3.74. The molecule has 0 aliphatic carbocycles. The second-order valence-electron chi connectivity index (χ2n) is 5.39. The molecule has 0 spiro atoms. The van der Waals surface area contributed by atoms with Crippen LogP contribution in [0.4, 0.5) is 4.79 Å². The monoisotopic (exact) mass is 313 g/mol. The minimum absolute atomic E-state index is 0.236. The van der Waals surface area contributed by atoms with Gasteiger partial charge >= 0.3 is 6.03 Å². The molecule has 0 radical (unpaired) electrons. The molecule has 1 atom stereocenters. The number of aromatic nitrogens is 5. The predicted molar refractivity (Wildman–Crippen MR) is 85.8 cm³/mol. The molecule has 0 bridgehead atoms. The number of nitrogens with one attached hydrogen (secondary N) is 3. The number of para-hydroxylation sites is 1. The van der Waals surface area contributed by atoms with E-state index in [1.807, 2.05) is 31.3 Å². The Kier molecular flexibility index (Phi) is 4.22. The first-order valence-electron chi connectivity index (χ1n) is 7.47. The Morgan fingerprint density at radius 3 is 3.00 bits per heavy atom. The normalized spacial score (nSPS) is 12.3. The maximum Gasteiger partial charge on any atom is 0.315 e. The van der Waals surface area contributed by atoms with Gasteiger partial charge in [0.1, 0.15) is 0 Å². The molecule has 23 heavy (non-hydrogen) atoms. The maximum atomic E-state index is 11.9. The molecule has 3 rings (SSSR count). The number of rotatable bonds is 5. The summed E-state index contributed by atoms with van der Waals surface area (Å²) < 4.78 is 1.54. The van der Waals surface area contributed by atoms with E-state index in [2.05, 4.69) is 37.2 Å². The van der Waals surface area contributed by atoms with Gasteiger partial charge in [-0.25, -0.2) is 9.48 Å². The Labute approximate surface area is 133 Å². The molecule has 0 aliphatic rings. The lowest BCUT2D eigenvalue weighted by molar-refractivity contribution is 0.237. The summed E-state index contributed by atoms with van der Waals surface area (Å²) in [5.74, 6) is 0.608. The molecule has 2 amide bonds. The lowest BCUT2D eigenvalue weighted by Gasteiger charge is -2.13. The summed E-state index contributed by atoms with van der Waals surface area (Å²) >= 11 is 0. The van der Waals surface area contributed by atoms with Crippen LogP contribution in [0.1, 0.15) is 24.4 Å². The Balaban J connectivity index is 1.50. The zero-order valence-corrected chi connectivity index (χ0v) is 13.1. The molecule has 0 aliphatic heterocycles. The number of nitrogens with zero attached hydrogens (tertiary/aromatic N) is 4. The van der Waals surface area contributed by atoms with Crippen molar-refractivity contribution in [3.05, 3.63) is 41.9 Å². The van der Waals surface area contributed by atoms with E-state index in [-0.39, 0.29) is 12.1 Å². The van der Waals surface area contributed by atoms with E-state index < -0.39 is 0 Å². The standard InChI is InChI=1S/C15H19N7O/c1-10(14-19-20-21-22(14)2)18-15(23)16-8-7-11-9-17-13-6-4-3-5-12(11)13/h3-6,9-10,17H,7-8H2,1-2H3,(H2,16,18,23). The predicted octanol–water partition coefficient (Wildman–Crippen LogP) is 1.29. The fourth-order valence-electron chi connectivity index (χ4n) is 2.56. The summed E-state index contributed by atoms with van der Waals surface area (Å²) in [5.41, 5.74) is 2.29. The Bertz CT molecular complexity index is 807. The number of hydrogen-bond donors (Lipinski definition) is 3. The maximum absolute atomic E-state index is 11.9. The summed E-state index contributed by atoms with van der Waals surface area (Å²) in [6, 6.07) is 7.62. The van der Waals surface area contributed by atoms with Crippen molar-refractivity contribution in [2.45, 2.75) is 19.4 Å². The van der Waals surface area contributed by atoms with E-state index in [1.54, 1.807) is 7.05 Å². The minimum atomic E-state index is -0.261. The molecule has 1 unspecified atom stereocenters. The van der Waals surface area contributed by atoms with Crippen molar-refractivity contribution in [2.75, 3.05) is 6.54 Å². The number of carbonyl (C=O) groups excluding carboxylic acids is 1. The van der Waals surface area contributed by atoms with Crippen LogP contribution >= 0.6 is 0 Å². The Morgan fingerprint density at radius 1 is 1.39 bits per heavy atom. The van der Waals surface area contributed by atoms with Crippen molar-refractivity contribution in [1.82, 2.24) is 35.8 Å². The third-order valence-corrected chi connectivity index (χ3v) is 3.74. The van der Waals surface area contributed by atoms with E-state index >= 15 is 0 Å². The van der Waals surface area contributed by atoms with Crippen molar-refractivity contribution in [1.29, 1.82) is 0 Å². The molecule has 3 N–H and O–H groups in total. The first kappa shape index (κ1) is 15.0. The highest BCUT2D eigenvalue weighted by Crippen LogP contribution is 2.17. The van der Waals surface area contributed by atoms with E-state index in [9.17, 15) is 4.79 Å². The molecule has 2 heterocycles. The highest BCUT2D eigenvalue weighted by atomic mass is 16.2. The molecule has 120 valence electrons. The average molecular weight is 313 g/mol. The Hall–Kier alpha value is -2.90. The highest BCUT2D eigenvalue weighted by molar-refractivity contribution is 5.83. The van der Waals surface area contributed by atoms with Crippen LogP contribution in [-0.4, -0.2) is 37.8 Å². The fourth-order valence-corrected chi connectivity index (χ4v) is 2.56. The third kappa shape index (κ3) is 3.31. The smallest absolute Gasteiger partial charge is 0.315 e. The van der Waals surface area contributed by atoms with Gasteiger partial charge in [-0.05, 0) is 35.4 Å². The topological polar surface area (TPSA) is 101 Å². The number of fused-ring (bicyclic) bond motifs is 1. The van der Waals surface area contributed by atoms with E-state index in [0.717, 1.165) is 11.9 Å². The first-order chi connectivity index (χ1) is 11.1. The number of benzene rings is 1. The number of carbonyl (C=O) groups is 1. The number of aryl methyl sites for hydroxylation is 1. The fraction of sp³-hybridized carbons (Fsp3) is 0.333. The average Bonchev–Trinajstić information content (AvgIpc) is 3.14. The molecule has 8 heteroatoms. The summed E-state index contributed by atoms with van der Waals surface area (Å²) in [6.07, 6.45) is 2.75. The molecule has 0 saturated heterocycles. The van der Waals surface area contributed by atoms with Gasteiger partial charge in [0.2, 0.25) is 0 Å². The van der Waals surface area contributed by atoms with Crippen LogP contribution < -0.4 is 10.6 Å². The number of hydrogen-bond acceptors (Lipinski definition) is 4. The van der Waals surface area contributed by atoms with Gasteiger partial charge in [-0.15, -0.1) is 5.10 Å². The quantitative estimate of drug-likeness (QED) is 0.661. The van der Waals surface area contributed by atoms with Crippen LogP contribution in [0.25, 0.3) is 10.9 Å². The van der Waals surface area contributed by atoms with Gasteiger partial charge in [0, 0.05) is 30.7 Å². The van der Waals surface area contributed by atoms with Crippen LogP contribution in [0.3, 0.4) is 0 Å². The van der Waals surface area contributed by atoms with Crippen molar-refractivity contribution in [3.63, 3.8) is 0 Å². The zero-order valence-electron chi connectivity index (χ0n) is 13.1.